The first-order valence-corrected chi connectivity index (χ1v) is 3.67. The highest BCUT2D eigenvalue weighted by Gasteiger charge is 2.32. The predicted molar refractivity (Wildman–Crippen MR) is 34.1 cm³/mol. The molecule has 3 rings (SSSR count). The van der Waals surface area contributed by atoms with Gasteiger partial charge in [-0.3, -0.25) is 0 Å². The Kier molecular flexibility index (Phi) is 1.04. The maximum absolute atomic E-state index is 2.58. The lowest BCUT2D eigenvalue weighted by Gasteiger charge is -2.30. The molecule has 0 aromatic rings. The largest absolute Gasteiger partial charge is 0.170 e. The van der Waals surface area contributed by atoms with Crippen LogP contribution in [0.15, 0.2) is 0 Å². The highest BCUT2D eigenvalue weighted by atomic mass is 15.1. The van der Waals surface area contributed by atoms with E-state index >= 15 is 0 Å². The minimum Gasteiger partial charge on any atom is -0.170 e. The molecule has 0 N–H and O–H groups in total. The molecule has 1 heteroatoms. The van der Waals surface area contributed by atoms with Gasteiger partial charge in [0.15, 0.2) is 0 Å². The van der Waals surface area contributed by atoms with E-state index < -0.39 is 0 Å². The predicted octanol–water partition coefficient (Wildman–Crippen LogP) is 0.940. The Morgan fingerprint density at radius 1 is 0.875 bits per heavy atom. The summed E-state index contributed by atoms with van der Waals surface area (Å²) in [5, 5.41) is 0. The Labute approximate surface area is 50.7 Å². The first kappa shape index (κ1) is 4.80. The highest BCUT2D eigenvalue weighted by molar-refractivity contribution is 4.82. The van der Waals surface area contributed by atoms with E-state index in [9.17, 15) is 0 Å². The molecule has 45 valence electrons. The van der Waals surface area contributed by atoms with E-state index in [1.165, 1.54) is 38.9 Å². The molecule has 3 aliphatic heterocycles. The Balaban J connectivity index is 2.03. The van der Waals surface area contributed by atoms with Gasteiger partial charge in [-0.1, -0.05) is 0 Å². The lowest BCUT2D eigenvalue weighted by molar-refractivity contribution is 0.190. The fraction of sp³-hybridized carbons (Fsp3) is 1.00. The van der Waals surface area contributed by atoms with Crippen molar-refractivity contribution in [1.29, 1.82) is 0 Å². The SMILES string of the molecule is C1C[N+]2CCC1CC2. The molecule has 3 fully saturated rings. The van der Waals surface area contributed by atoms with Crippen molar-refractivity contribution < 1.29 is 0 Å². The molecule has 3 heterocycles. The monoisotopic (exact) mass is 111 g/mol. The summed E-state index contributed by atoms with van der Waals surface area (Å²) in [5.41, 5.74) is 0. The maximum atomic E-state index is 2.58. The van der Waals surface area contributed by atoms with Crippen LogP contribution in [0.1, 0.15) is 19.3 Å². The Bertz CT molecular complexity index is 59.4. The van der Waals surface area contributed by atoms with E-state index in [1.54, 1.807) is 0 Å². The van der Waals surface area contributed by atoms with Gasteiger partial charge in [0.1, 0.15) is 19.6 Å². The third-order valence-electron chi connectivity index (χ3n) is 2.56. The zero-order chi connectivity index (χ0) is 5.40. The molecule has 0 saturated carbocycles. The Hall–Kier alpha value is -0.0400. The van der Waals surface area contributed by atoms with Crippen molar-refractivity contribution >= 4 is 0 Å². The second kappa shape index (κ2) is 1.73. The van der Waals surface area contributed by atoms with Gasteiger partial charge in [-0.25, -0.2) is 0 Å². The van der Waals surface area contributed by atoms with Crippen LogP contribution in [0.25, 0.3) is 0 Å². The van der Waals surface area contributed by atoms with Crippen LogP contribution in [0.4, 0.5) is 0 Å². The average Bonchev–Trinajstić information content (AvgIpc) is 1.92. The van der Waals surface area contributed by atoms with E-state index in [0.717, 1.165) is 5.92 Å². The molecule has 0 spiro atoms. The van der Waals surface area contributed by atoms with Crippen LogP contribution < -0.4 is 4.90 Å². The van der Waals surface area contributed by atoms with Crippen LogP contribution in [0.3, 0.4) is 0 Å². The fourth-order valence-corrected chi connectivity index (χ4v) is 1.86. The summed E-state index contributed by atoms with van der Waals surface area (Å²) < 4.78 is 0. The molecule has 2 bridgehead atoms. The topological polar surface area (TPSA) is 5.90 Å². The normalized spacial score (nSPS) is 45.0. The molecule has 3 aliphatic rings. The molecule has 0 aromatic carbocycles. The van der Waals surface area contributed by atoms with E-state index in [0.29, 0.717) is 0 Å². The number of nitrogens with zero attached hydrogens (tertiary/aromatic N) is 1. The lowest BCUT2D eigenvalue weighted by Crippen LogP contribution is -2.45. The summed E-state index contributed by atoms with van der Waals surface area (Å²) in [6.45, 7) is 4.18. The van der Waals surface area contributed by atoms with E-state index in [2.05, 4.69) is 4.90 Å². The second-order valence-electron chi connectivity index (χ2n) is 3.07. The number of rotatable bonds is 0. The maximum Gasteiger partial charge on any atom is 0.123 e. The van der Waals surface area contributed by atoms with Gasteiger partial charge in [-0.2, -0.15) is 4.90 Å². The molecule has 1 nitrogen and oxygen atoms in total. The molecule has 3 saturated heterocycles. The summed E-state index contributed by atoms with van der Waals surface area (Å²) in [6.07, 6.45) is 4.46. The minimum absolute atomic E-state index is 1.11. The summed E-state index contributed by atoms with van der Waals surface area (Å²) in [6, 6.07) is 0. The second-order valence-corrected chi connectivity index (χ2v) is 3.07. The summed E-state index contributed by atoms with van der Waals surface area (Å²) in [4.78, 5) is 2.58. The average molecular weight is 111 g/mol. The van der Waals surface area contributed by atoms with Crippen LogP contribution in [0.5, 0.6) is 0 Å². The molecular formula is C7H13N+. The summed E-state index contributed by atoms with van der Waals surface area (Å²) >= 11 is 0. The Morgan fingerprint density at radius 2 is 1.38 bits per heavy atom. The quantitative estimate of drug-likeness (QED) is 0.410. The van der Waals surface area contributed by atoms with Crippen molar-refractivity contribution in [3.63, 3.8) is 0 Å². The summed E-state index contributed by atoms with van der Waals surface area (Å²) in [5.74, 6) is 1.11. The first-order chi connectivity index (χ1) is 3.95. The van der Waals surface area contributed by atoms with Crippen LogP contribution in [-0.2, 0) is 0 Å². The molecule has 0 aliphatic carbocycles. The van der Waals surface area contributed by atoms with Gasteiger partial charge < -0.3 is 0 Å². The number of hydrogen-bond donors (Lipinski definition) is 0. The van der Waals surface area contributed by atoms with E-state index in [4.69, 9.17) is 0 Å². The molecule has 0 aromatic heterocycles. The number of fused-ring (bicyclic) bond motifs is 3. The molecule has 1 radical (unpaired) electrons. The van der Waals surface area contributed by atoms with Gasteiger partial charge in [-0.15, -0.1) is 0 Å². The van der Waals surface area contributed by atoms with Crippen LogP contribution in [0.2, 0.25) is 0 Å². The van der Waals surface area contributed by atoms with Crippen molar-refractivity contribution in [1.82, 2.24) is 4.90 Å². The zero-order valence-corrected chi connectivity index (χ0v) is 5.27. The van der Waals surface area contributed by atoms with Gasteiger partial charge in [0.2, 0.25) is 0 Å². The number of hydrogen-bond acceptors (Lipinski definition) is 1. The van der Waals surface area contributed by atoms with Gasteiger partial charge in [0, 0.05) is 19.3 Å². The number of piperidine rings is 3. The van der Waals surface area contributed by atoms with Crippen molar-refractivity contribution in [3.05, 3.63) is 0 Å². The van der Waals surface area contributed by atoms with Gasteiger partial charge in [0.05, 0.1) is 0 Å². The van der Waals surface area contributed by atoms with Crippen LogP contribution in [0, 0.1) is 5.92 Å². The Morgan fingerprint density at radius 3 is 1.50 bits per heavy atom. The van der Waals surface area contributed by atoms with Crippen molar-refractivity contribution in [3.8, 4) is 0 Å². The van der Waals surface area contributed by atoms with E-state index in [1.807, 2.05) is 0 Å². The molecule has 8 heavy (non-hydrogen) atoms. The van der Waals surface area contributed by atoms with Gasteiger partial charge >= 0.3 is 0 Å². The smallest absolute Gasteiger partial charge is 0.123 e. The third-order valence-corrected chi connectivity index (χ3v) is 2.56. The first-order valence-electron chi connectivity index (χ1n) is 3.67. The lowest BCUT2D eigenvalue weighted by atomic mass is 9.89. The van der Waals surface area contributed by atoms with E-state index in [-0.39, 0.29) is 0 Å². The van der Waals surface area contributed by atoms with Gasteiger partial charge in [-0.05, 0) is 5.92 Å². The molecule has 0 amide bonds. The standard InChI is InChI=1S/C7H13N/c1-4-8-5-2-7(1)3-6-8/h7H,1-6H2/q+1. The van der Waals surface area contributed by atoms with Crippen molar-refractivity contribution in [2.45, 2.75) is 19.3 Å². The van der Waals surface area contributed by atoms with Crippen molar-refractivity contribution in [2.75, 3.05) is 19.6 Å². The summed E-state index contributed by atoms with van der Waals surface area (Å²) in [7, 11) is 0. The fourth-order valence-electron chi connectivity index (χ4n) is 1.86. The molecule has 0 atom stereocenters. The minimum atomic E-state index is 1.11. The van der Waals surface area contributed by atoms with Crippen LogP contribution in [-0.4, -0.2) is 19.6 Å². The third kappa shape index (κ3) is 0.655. The highest BCUT2D eigenvalue weighted by Crippen LogP contribution is 2.24. The van der Waals surface area contributed by atoms with Crippen molar-refractivity contribution in [2.24, 2.45) is 5.92 Å². The zero-order valence-electron chi connectivity index (χ0n) is 5.27. The van der Waals surface area contributed by atoms with Crippen LogP contribution >= 0.6 is 0 Å². The van der Waals surface area contributed by atoms with Gasteiger partial charge in [0.25, 0.3) is 0 Å². The molecular weight excluding hydrogens is 98.1 g/mol. The molecule has 0 unspecified atom stereocenters.